The molecule has 1 amide bonds. The molecule has 2 fully saturated rings. The predicted octanol–water partition coefficient (Wildman–Crippen LogP) is 2.12. The van der Waals surface area contributed by atoms with E-state index in [2.05, 4.69) is 0 Å². The van der Waals surface area contributed by atoms with Gasteiger partial charge in [-0.3, -0.25) is 4.79 Å². The lowest BCUT2D eigenvalue weighted by Gasteiger charge is -2.32. The minimum Gasteiger partial charge on any atom is -0.495 e. The molecule has 2 heterocycles. The number of anilines is 1. The lowest BCUT2D eigenvalue weighted by Crippen LogP contribution is -2.41. The van der Waals surface area contributed by atoms with E-state index in [4.69, 9.17) is 14.0 Å². The van der Waals surface area contributed by atoms with Crippen LogP contribution in [0.5, 0.6) is 5.75 Å². The van der Waals surface area contributed by atoms with Crippen molar-refractivity contribution in [2.45, 2.75) is 51.7 Å². The zero-order chi connectivity index (χ0) is 16.8. The minimum absolute atomic E-state index is 0.134. The zero-order valence-corrected chi connectivity index (χ0v) is 14.5. The number of hydrogen-bond donors (Lipinski definition) is 0. The van der Waals surface area contributed by atoms with E-state index in [-0.39, 0.29) is 5.91 Å². The van der Waals surface area contributed by atoms with Gasteiger partial charge in [-0.25, -0.2) is 0 Å². The molecule has 23 heavy (non-hydrogen) atoms. The molecule has 5 nitrogen and oxygen atoms in total. The van der Waals surface area contributed by atoms with Gasteiger partial charge in [-0.2, -0.15) is 0 Å². The van der Waals surface area contributed by atoms with E-state index in [0.29, 0.717) is 12.2 Å². The Morgan fingerprint density at radius 2 is 1.83 bits per heavy atom. The SMILES string of the molecule is COc1c(B2OC(C)(C)C(C)(C)O2)cccc1N1CCCC1=O. The van der Waals surface area contributed by atoms with Gasteiger partial charge in [0.15, 0.2) is 0 Å². The number of hydrogen-bond acceptors (Lipinski definition) is 4. The van der Waals surface area contributed by atoms with Gasteiger partial charge in [0.1, 0.15) is 5.75 Å². The van der Waals surface area contributed by atoms with Crippen LogP contribution in [0.4, 0.5) is 5.69 Å². The molecule has 2 aliphatic rings. The van der Waals surface area contributed by atoms with E-state index < -0.39 is 18.3 Å². The highest BCUT2D eigenvalue weighted by molar-refractivity contribution is 6.63. The van der Waals surface area contributed by atoms with Crippen LogP contribution in [0, 0.1) is 0 Å². The standard InChI is InChI=1S/C17H24BNO4/c1-16(2)17(3,4)23-18(22-16)12-8-6-9-13(15(12)21-5)19-11-7-10-14(19)20/h6,8-9H,7,10-11H2,1-5H3. The molecular weight excluding hydrogens is 293 g/mol. The quantitative estimate of drug-likeness (QED) is 0.801. The molecule has 124 valence electrons. The molecule has 0 aliphatic carbocycles. The normalized spacial score (nSPS) is 22.7. The maximum absolute atomic E-state index is 12.1. The summed E-state index contributed by atoms with van der Waals surface area (Å²) >= 11 is 0. The third-order valence-corrected chi connectivity index (χ3v) is 5.10. The third kappa shape index (κ3) is 2.64. The smallest absolute Gasteiger partial charge is 0.495 e. The highest BCUT2D eigenvalue weighted by atomic mass is 16.7. The monoisotopic (exact) mass is 317 g/mol. The Hall–Kier alpha value is -1.53. The molecule has 1 aromatic rings. The largest absolute Gasteiger partial charge is 0.498 e. The Morgan fingerprint density at radius 1 is 1.17 bits per heavy atom. The van der Waals surface area contributed by atoms with Crippen molar-refractivity contribution in [3.8, 4) is 5.75 Å². The van der Waals surface area contributed by atoms with Crippen LogP contribution in [0.25, 0.3) is 0 Å². The average Bonchev–Trinajstić information content (AvgIpc) is 2.99. The molecule has 0 bridgehead atoms. The van der Waals surface area contributed by atoms with Gasteiger partial charge in [0.05, 0.1) is 24.0 Å². The van der Waals surface area contributed by atoms with Crippen molar-refractivity contribution in [3.63, 3.8) is 0 Å². The summed E-state index contributed by atoms with van der Waals surface area (Å²) in [7, 11) is 1.11. The number of ether oxygens (including phenoxy) is 1. The third-order valence-electron chi connectivity index (χ3n) is 5.10. The van der Waals surface area contributed by atoms with Gasteiger partial charge >= 0.3 is 7.12 Å². The van der Waals surface area contributed by atoms with Gasteiger partial charge in [-0.1, -0.05) is 12.1 Å². The lowest BCUT2D eigenvalue weighted by atomic mass is 9.78. The molecule has 2 saturated heterocycles. The number of para-hydroxylation sites is 1. The molecule has 0 atom stereocenters. The Labute approximate surface area is 138 Å². The van der Waals surface area contributed by atoms with Crippen molar-refractivity contribution >= 4 is 24.2 Å². The molecular formula is C17H24BNO4. The summed E-state index contributed by atoms with van der Waals surface area (Å²) in [6.45, 7) is 8.81. The summed E-state index contributed by atoms with van der Waals surface area (Å²) < 4.78 is 17.9. The van der Waals surface area contributed by atoms with Crippen molar-refractivity contribution in [2.75, 3.05) is 18.6 Å². The first kappa shape index (κ1) is 16.3. The lowest BCUT2D eigenvalue weighted by molar-refractivity contribution is -0.117. The molecule has 6 heteroatoms. The summed E-state index contributed by atoms with van der Waals surface area (Å²) in [5.41, 5.74) is 0.787. The van der Waals surface area contributed by atoms with Crippen LogP contribution in [0.2, 0.25) is 0 Å². The Bertz CT molecular complexity index is 613. The first-order valence-corrected chi connectivity index (χ1v) is 8.10. The van der Waals surface area contributed by atoms with Crippen LogP contribution < -0.4 is 15.1 Å². The van der Waals surface area contributed by atoms with Gasteiger partial charge in [-0.05, 0) is 40.2 Å². The number of carbonyl (C=O) groups excluding carboxylic acids is 1. The average molecular weight is 317 g/mol. The van der Waals surface area contributed by atoms with E-state index in [1.54, 1.807) is 12.0 Å². The van der Waals surface area contributed by atoms with Crippen LogP contribution in [0.3, 0.4) is 0 Å². The number of amides is 1. The fourth-order valence-electron chi connectivity index (χ4n) is 3.04. The zero-order valence-electron chi connectivity index (χ0n) is 14.5. The van der Waals surface area contributed by atoms with Crippen molar-refractivity contribution in [2.24, 2.45) is 0 Å². The number of methoxy groups -OCH3 is 1. The molecule has 2 aliphatic heterocycles. The molecule has 3 rings (SSSR count). The van der Waals surface area contributed by atoms with Gasteiger partial charge in [0, 0.05) is 18.4 Å². The van der Waals surface area contributed by atoms with Gasteiger partial charge in [-0.15, -0.1) is 0 Å². The molecule has 0 unspecified atom stereocenters. The summed E-state index contributed by atoms with van der Waals surface area (Å²) in [5.74, 6) is 0.788. The van der Waals surface area contributed by atoms with Crippen LogP contribution in [-0.4, -0.2) is 37.9 Å². The van der Waals surface area contributed by atoms with E-state index in [1.807, 2.05) is 45.9 Å². The Balaban J connectivity index is 1.99. The second-order valence-corrected chi connectivity index (χ2v) is 7.14. The molecule has 0 spiro atoms. The highest BCUT2D eigenvalue weighted by Gasteiger charge is 2.52. The predicted molar refractivity (Wildman–Crippen MR) is 90.3 cm³/mol. The van der Waals surface area contributed by atoms with E-state index in [1.165, 1.54) is 0 Å². The van der Waals surface area contributed by atoms with E-state index in [0.717, 1.165) is 24.1 Å². The van der Waals surface area contributed by atoms with E-state index >= 15 is 0 Å². The second-order valence-electron chi connectivity index (χ2n) is 7.14. The van der Waals surface area contributed by atoms with Gasteiger partial charge in [0.25, 0.3) is 0 Å². The van der Waals surface area contributed by atoms with Crippen LogP contribution in [0.1, 0.15) is 40.5 Å². The first-order chi connectivity index (χ1) is 10.8. The fourth-order valence-corrected chi connectivity index (χ4v) is 3.04. The fraction of sp³-hybridized carbons (Fsp3) is 0.588. The van der Waals surface area contributed by atoms with Crippen molar-refractivity contribution in [3.05, 3.63) is 18.2 Å². The van der Waals surface area contributed by atoms with Crippen LogP contribution in [0.15, 0.2) is 18.2 Å². The molecule has 0 N–H and O–H groups in total. The highest BCUT2D eigenvalue weighted by Crippen LogP contribution is 2.38. The van der Waals surface area contributed by atoms with Crippen molar-refractivity contribution in [1.29, 1.82) is 0 Å². The Kier molecular flexibility index (Phi) is 3.93. The van der Waals surface area contributed by atoms with Gasteiger partial charge in [0.2, 0.25) is 5.91 Å². The number of benzene rings is 1. The van der Waals surface area contributed by atoms with Gasteiger partial charge < -0.3 is 18.9 Å². The molecule has 0 saturated carbocycles. The maximum Gasteiger partial charge on any atom is 0.498 e. The molecule has 0 radical (unpaired) electrons. The van der Waals surface area contributed by atoms with Crippen LogP contribution in [-0.2, 0) is 14.1 Å². The van der Waals surface area contributed by atoms with Crippen molar-refractivity contribution < 1.29 is 18.8 Å². The molecule has 0 aromatic heterocycles. The Morgan fingerprint density at radius 3 is 2.35 bits per heavy atom. The minimum atomic E-state index is -0.507. The number of carbonyl (C=O) groups is 1. The van der Waals surface area contributed by atoms with Crippen LogP contribution >= 0.6 is 0 Å². The number of nitrogens with zero attached hydrogens (tertiary/aromatic N) is 1. The molecule has 1 aromatic carbocycles. The van der Waals surface area contributed by atoms with E-state index in [9.17, 15) is 4.79 Å². The second kappa shape index (κ2) is 5.53. The van der Waals surface area contributed by atoms with Crippen molar-refractivity contribution in [1.82, 2.24) is 0 Å². The summed E-state index contributed by atoms with van der Waals surface area (Å²) in [6, 6.07) is 5.77. The summed E-state index contributed by atoms with van der Waals surface area (Å²) in [5, 5.41) is 0. The summed E-state index contributed by atoms with van der Waals surface area (Å²) in [4.78, 5) is 13.9. The summed E-state index contributed by atoms with van der Waals surface area (Å²) in [6.07, 6.45) is 1.46. The maximum atomic E-state index is 12.1. The number of rotatable bonds is 3. The topological polar surface area (TPSA) is 48.0 Å². The first-order valence-electron chi connectivity index (χ1n) is 8.10.